The minimum absolute atomic E-state index is 0.820. The molecule has 0 atom stereocenters. The summed E-state index contributed by atoms with van der Waals surface area (Å²) in [7, 11) is 0. The lowest BCUT2D eigenvalue weighted by atomic mass is 10.1. The lowest BCUT2D eigenvalue weighted by Gasteiger charge is -2.07. The van der Waals surface area contributed by atoms with E-state index in [4.69, 9.17) is 0 Å². The molecule has 0 fully saturated rings. The smallest absolute Gasteiger partial charge is 0.0416 e. The highest BCUT2D eigenvalue weighted by molar-refractivity contribution is 5.46. The molecule has 0 aliphatic rings. The Hall–Kier alpha value is -1.83. The lowest BCUT2D eigenvalue weighted by molar-refractivity contribution is 1.08. The summed E-state index contributed by atoms with van der Waals surface area (Å²) in [5.74, 6) is 0. The van der Waals surface area contributed by atoms with Crippen LogP contribution in [0.15, 0.2) is 42.6 Å². The summed E-state index contributed by atoms with van der Waals surface area (Å²) in [6, 6.07) is 12.7. The molecule has 0 amide bonds. The number of aromatic nitrogens is 1. The summed E-state index contributed by atoms with van der Waals surface area (Å²) in [5, 5.41) is 3.42. The van der Waals surface area contributed by atoms with Crippen molar-refractivity contribution in [1.82, 2.24) is 4.98 Å². The molecule has 0 unspecified atom stereocenters. The molecule has 0 spiro atoms. The van der Waals surface area contributed by atoms with Gasteiger partial charge in [0.15, 0.2) is 0 Å². The third-order valence-electron chi connectivity index (χ3n) is 2.80. The summed E-state index contributed by atoms with van der Waals surface area (Å²) in [6.45, 7) is 4.99. The van der Waals surface area contributed by atoms with Gasteiger partial charge in [-0.2, -0.15) is 0 Å². The van der Waals surface area contributed by atoms with Gasteiger partial charge in [-0.3, -0.25) is 4.98 Å². The number of hydrogen-bond donors (Lipinski definition) is 1. The van der Waals surface area contributed by atoms with Gasteiger partial charge in [-0.25, -0.2) is 0 Å². The molecule has 1 N–H and O–H groups in total. The van der Waals surface area contributed by atoms with Crippen molar-refractivity contribution in [1.29, 1.82) is 0 Å². The van der Waals surface area contributed by atoms with E-state index in [9.17, 15) is 0 Å². The fourth-order valence-electron chi connectivity index (χ4n) is 1.71. The molecular weight excluding hydrogens is 208 g/mol. The van der Waals surface area contributed by atoms with Crippen molar-refractivity contribution < 1.29 is 0 Å². The van der Waals surface area contributed by atoms with Gasteiger partial charge in [0, 0.05) is 24.1 Å². The largest absolute Gasteiger partial charge is 0.381 e. The molecule has 2 aromatic rings. The molecule has 1 aromatic heterocycles. The number of nitrogens with zero attached hydrogens (tertiary/aromatic N) is 1. The Labute approximate surface area is 103 Å². The molecule has 88 valence electrons. The topological polar surface area (TPSA) is 24.9 Å². The van der Waals surface area contributed by atoms with E-state index in [1.54, 1.807) is 0 Å². The summed E-state index contributed by atoms with van der Waals surface area (Å²) in [4.78, 5) is 4.29. The number of benzene rings is 1. The monoisotopic (exact) mass is 226 g/mol. The highest BCUT2D eigenvalue weighted by Crippen LogP contribution is 2.12. The molecule has 2 heteroatoms. The van der Waals surface area contributed by atoms with Gasteiger partial charge in [0.05, 0.1) is 0 Å². The first-order valence-electron chi connectivity index (χ1n) is 6.02. The van der Waals surface area contributed by atoms with E-state index in [1.165, 1.54) is 16.8 Å². The Kier molecular flexibility index (Phi) is 3.76. The second-order valence-corrected chi connectivity index (χ2v) is 4.22. The standard InChI is InChI=1S/C15H18N2/c1-3-13-5-4-6-15(9-13)17-11-14-8-7-12(2)16-10-14/h4-10,17H,3,11H2,1-2H3. The second-order valence-electron chi connectivity index (χ2n) is 4.22. The average molecular weight is 226 g/mol. The summed E-state index contributed by atoms with van der Waals surface area (Å²) < 4.78 is 0. The zero-order chi connectivity index (χ0) is 12.1. The molecule has 2 nitrogen and oxygen atoms in total. The third-order valence-corrected chi connectivity index (χ3v) is 2.80. The molecule has 0 aliphatic carbocycles. The first-order valence-corrected chi connectivity index (χ1v) is 6.02. The van der Waals surface area contributed by atoms with Crippen molar-refractivity contribution in [2.45, 2.75) is 26.8 Å². The Balaban J connectivity index is 1.99. The van der Waals surface area contributed by atoms with Gasteiger partial charge in [-0.05, 0) is 42.7 Å². The van der Waals surface area contributed by atoms with E-state index in [0.29, 0.717) is 0 Å². The number of anilines is 1. The minimum Gasteiger partial charge on any atom is -0.381 e. The lowest BCUT2D eigenvalue weighted by Crippen LogP contribution is -2.00. The van der Waals surface area contributed by atoms with E-state index >= 15 is 0 Å². The van der Waals surface area contributed by atoms with Crippen LogP contribution >= 0.6 is 0 Å². The number of rotatable bonds is 4. The van der Waals surface area contributed by atoms with Crippen LogP contribution < -0.4 is 5.32 Å². The summed E-state index contributed by atoms with van der Waals surface area (Å²) >= 11 is 0. The predicted molar refractivity (Wildman–Crippen MR) is 72.1 cm³/mol. The maximum atomic E-state index is 4.29. The highest BCUT2D eigenvalue weighted by atomic mass is 14.9. The van der Waals surface area contributed by atoms with Crippen molar-refractivity contribution in [2.24, 2.45) is 0 Å². The van der Waals surface area contributed by atoms with Gasteiger partial charge in [0.25, 0.3) is 0 Å². The van der Waals surface area contributed by atoms with Gasteiger partial charge < -0.3 is 5.32 Å². The number of hydrogen-bond acceptors (Lipinski definition) is 2. The normalized spacial score (nSPS) is 10.2. The van der Waals surface area contributed by atoms with Crippen molar-refractivity contribution >= 4 is 5.69 Å². The zero-order valence-corrected chi connectivity index (χ0v) is 10.4. The Bertz CT molecular complexity index is 475. The predicted octanol–water partition coefficient (Wildman–Crippen LogP) is 3.56. The first-order chi connectivity index (χ1) is 8.28. The van der Waals surface area contributed by atoms with E-state index in [0.717, 1.165) is 18.7 Å². The average Bonchev–Trinajstić information content (AvgIpc) is 2.38. The van der Waals surface area contributed by atoms with Gasteiger partial charge in [0.1, 0.15) is 0 Å². The molecule has 0 saturated heterocycles. The van der Waals surface area contributed by atoms with Gasteiger partial charge in [-0.1, -0.05) is 25.1 Å². The Morgan fingerprint density at radius 3 is 2.71 bits per heavy atom. The number of aryl methyl sites for hydroxylation is 2. The van der Waals surface area contributed by atoms with Crippen LogP contribution in [0.2, 0.25) is 0 Å². The van der Waals surface area contributed by atoms with E-state index in [1.807, 2.05) is 19.2 Å². The first kappa shape index (κ1) is 11.6. The molecule has 0 radical (unpaired) electrons. The van der Waals surface area contributed by atoms with Crippen molar-refractivity contribution in [3.8, 4) is 0 Å². The highest BCUT2D eigenvalue weighted by Gasteiger charge is 1.96. The van der Waals surface area contributed by atoms with Crippen LogP contribution in [0, 0.1) is 6.92 Å². The van der Waals surface area contributed by atoms with Crippen LogP contribution in [0.5, 0.6) is 0 Å². The SMILES string of the molecule is CCc1cccc(NCc2ccc(C)nc2)c1. The fraction of sp³-hybridized carbons (Fsp3) is 0.267. The van der Waals surface area contributed by atoms with Crippen molar-refractivity contribution in [3.63, 3.8) is 0 Å². The van der Waals surface area contributed by atoms with E-state index < -0.39 is 0 Å². The van der Waals surface area contributed by atoms with Crippen LogP contribution in [-0.4, -0.2) is 4.98 Å². The van der Waals surface area contributed by atoms with E-state index in [2.05, 4.69) is 47.6 Å². The van der Waals surface area contributed by atoms with Gasteiger partial charge in [-0.15, -0.1) is 0 Å². The Morgan fingerprint density at radius 1 is 1.12 bits per heavy atom. The Morgan fingerprint density at radius 2 is 2.00 bits per heavy atom. The number of pyridine rings is 1. The fourth-order valence-corrected chi connectivity index (χ4v) is 1.71. The second kappa shape index (κ2) is 5.48. The van der Waals surface area contributed by atoms with Crippen LogP contribution in [0.4, 0.5) is 5.69 Å². The zero-order valence-electron chi connectivity index (χ0n) is 10.4. The minimum atomic E-state index is 0.820. The van der Waals surface area contributed by atoms with Crippen molar-refractivity contribution in [2.75, 3.05) is 5.32 Å². The third kappa shape index (κ3) is 3.31. The molecule has 0 saturated carbocycles. The molecule has 1 heterocycles. The molecule has 17 heavy (non-hydrogen) atoms. The molecule has 0 bridgehead atoms. The van der Waals surface area contributed by atoms with Crippen LogP contribution in [-0.2, 0) is 13.0 Å². The molecule has 0 aliphatic heterocycles. The van der Waals surface area contributed by atoms with Crippen LogP contribution in [0.1, 0.15) is 23.7 Å². The van der Waals surface area contributed by atoms with Gasteiger partial charge >= 0.3 is 0 Å². The molecular formula is C15H18N2. The molecule has 2 rings (SSSR count). The van der Waals surface area contributed by atoms with Crippen LogP contribution in [0.25, 0.3) is 0 Å². The maximum absolute atomic E-state index is 4.29. The van der Waals surface area contributed by atoms with Crippen molar-refractivity contribution in [3.05, 3.63) is 59.4 Å². The van der Waals surface area contributed by atoms with Gasteiger partial charge in [0.2, 0.25) is 0 Å². The summed E-state index contributed by atoms with van der Waals surface area (Å²) in [5.41, 5.74) is 4.79. The quantitative estimate of drug-likeness (QED) is 0.862. The van der Waals surface area contributed by atoms with Crippen LogP contribution in [0.3, 0.4) is 0 Å². The number of nitrogens with one attached hydrogen (secondary N) is 1. The molecule has 1 aromatic carbocycles. The maximum Gasteiger partial charge on any atom is 0.0416 e. The van der Waals surface area contributed by atoms with E-state index in [-0.39, 0.29) is 0 Å². The summed E-state index contributed by atoms with van der Waals surface area (Å²) in [6.07, 6.45) is 2.99.